The summed E-state index contributed by atoms with van der Waals surface area (Å²) < 4.78 is 20.5. The van der Waals surface area contributed by atoms with Gasteiger partial charge in [-0.05, 0) is 33.3 Å². The normalized spacial score (nSPS) is 19.2. The smallest absolute Gasteiger partial charge is 0.410 e. The van der Waals surface area contributed by atoms with E-state index in [0.29, 0.717) is 23.0 Å². The van der Waals surface area contributed by atoms with Crippen LogP contribution < -0.4 is 0 Å². The summed E-state index contributed by atoms with van der Waals surface area (Å²) in [6.07, 6.45) is 3.65. The monoisotopic (exact) mass is 409 g/mol. The number of hydrogen-bond acceptors (Lipinski definition) is 4. The highest BCUT2D eigenvalue weighted by atomic mass is 35.5. The van der Waals surface area contributed by atoms with Crippen LogP contribution in [0.25, 0.3) is 10.8 Å². The van der Waals surface area contributed by atoms with E-state index in [2.05, 4.69) is 4.98 Å². The molecule has 2 atom stereocenters. The van der Waals surface area contributed by atoms with Crippen LogP contribution in [-0.2, 0) is 15.7 Å². The molecular weight excluding hydrogens is 386 g/mol. The lowest BCUT2D eigenvalue weighted by Crippen LogP contribution is -2.42. The van der Waals surface area contributed by atoms with E-state index in [4.69, 9.17) is 16.3 Å². The van der Waals surface area contributed by atoms with Gasteiger partial charge in [0.05, 0.1) is 9.92 Å². The molecule has 0 aliphatic carbocycles. The standard InChI is InChI=1S/C19H24ClN3O3S/c1-19(2,3)26-18(24)22(4)14-8-9-23(12-14)27(25)16-7-5-6-13-10-21-11-15(20)17(13)16/h5-7,10-11,14H,8-9,12H2,1-4H3/t14-,27?/m1/s1. The number of pyridine rings is 1. The Hall–Kier alpha value is -1.70. The van der Waals surface area contributed by atoms with Crippen molar-refractivity contribution >= 4 is 39.5 Å². The number of benzene rings is 1. The van der Waals surface area contributed by atoms with Crippen molar-refractivity contribution in [3.05, 3.63) is 35.6 Å². The van der Waals surface area contributed by atoms with E-state index >= 15 is 0 Å². The molecule has 1 saturated heterocycles. The maximum atomic E-state index is 13.2. The molecule has 27 heavy (non-hydrogen) atoms. The van der Waals surface area contributed by atoms with Crippen molar-refractivity contribution in [2.24, 2.45) is 0 Å². The van der Waals surface area contributed by atoms with Crippen LogP contribution in [0.3, 0.4) is 0 Å². The number of rotatable bonds is 3. The lowest BCUT2D eigenvalue weighted by atomic mass is 10.2. The van der Waals surface area contributed by atoms with Gasteiger partial charge in [0, 0.05) is 49.3 Å². The average Bonchev–Trinajstić information content (AvgIpc) is 3.08. The molecule has 0 radical (unpaired) electrons. The van der Waals surface area contributed by atoms with Gasteiger partial charge in [-0.15, -0.1) is 0 Å². The first-order chi connectivity index (χ1) is 12.7. The van der Waals surface area contributed by atoms with Gasteiger partial charge in [-0.1, -0.05) is 23.7 Å². The van der Waals surface area contributed by atoms with Crippen molar-refractivity contribution in [3.63, 3.8) is 0 Å². The van der Waals surface area contributed by atoms with Crippen LogP contribution in [0.5, 0.6) is 0 Å². The molecule has 1 aliphatic rings. The van der Waals surface area contributed by atoms with Gasteiger partial charge in [0.2, 0.25) is 0 Å². The van der Waals surface area contributed by atoms with Crippen molar-refractivity contribution in [2.75, 3.05) is 20.1 Å². The Bertz CT molecular complexity index is 879. The van der Waals surface area contributed by atoms with Gasteiger partial charge in [-0.2, -0.15) is 0 Å². The maximum absolute atomic E-state index is 13.2. The molecular formula is C19H24ClN3O3S. The molecule has 1 amide bonds. The van der Waals surface area contributed by atoms with Crippen LogP contribution in [0.1, 0.15) is 27.2 Å². The summed E-state index contributed by atoms with van der Waals surface area (Å²) in [5.41, 5.74) is -0.541. The molecule has 1 aromatic carbocycles. The minimum absolute atomic E-state index is 0.0454. The number of fused-ring (bicyclic) bond motifs is 1. The van der Waals surface area contributed by atoms with Crippen LogP contribution in [-0.4, -0.2) is 56.3 Å². The number of carbonyl (C=O) groups is 1. The largest absolute Gasteiger partial charge is 0.444 e. The molecule has 1 aromatic heterocycles. The topological polar surface area (TPSA) is 62.7 Å². The number of carbonyl (C=O) groups excluding carboxylic acids is 1. The lowest BCUT2D eigenvalue weighted by molar-refractivity contribution is 0.0233. The fraction of sp³-hybridized carbons (Fsp3) is 0.474. The summed E-state index contributed by atoms with van der Waals surface area (Å²) in [4.78, 5) is 18.7. The molecule has 2 heterocycles. The minimum atomic E-state index is -1.37. The second-order valence-electron chi connectivity index (χ2n) is 7.65. The minimum Gasteiger partial charge on any atom is -0.444 e. The summed E-state index contributed by atoms with van der Waals surface area (Å²) in [5, 5.41) is 2.10. The zero-order chi connectivity index (χ0) is 19.8. The van der Waals surface area contributed by atoms with E-state index in [0.717, 1.165) is 17.2 Å². The molecule has 8 heteroatoms. The zero-order valence-corrected chi connectivity index (χ0v) is 17.5. The highest BCUT2D eigenvalue weighted by molar-refractivity contribution is 7.83. The second-order valence-corrected chi connectivity index (χ2v) is 9.51. The van der Waals surface area contributed by atoms with E-state index < -0.39 is 16.6 Å². The molecule has 2 aromatic rings. The Morgan fingerprint density at radius 3 is 2.81 bits per heavy atom. The van der Waals surface area contributed by atoms with Crippen LogP contribution in [0.15, 0.2) is 35.5 Å². The second kappa shape index (κ2) is 7.73. The fourth-order valence-electron chi connectivity index (χ4n) is 3.10. The van der Waals surface area contributed by atoms with E-state index in [1.54, 1.807) is 24.3 Å². The van der Waals surface area contributed by atoms with Gasteiger partial charge < -0.3 is 9.64 Å². The summed E-state index contributed by atoms with van der Waals surface area (Å²) in [6, 6.07) is 5.54. The zero-order valence-electron chi connectivity index (χ0n) is 15.9. The number of aromatic nitrogens is 1. The first-order valence-corrected chi connectivity index (χ1v) is 10.3. The van der Waals surface area contributed by atoms with Crippen molar-refractivity contribution in [2.45, 2.75) is 43.7 Å². The Balaban J connectivity index is 1.76. The Morgan fingerprint density at radius 1 is 1.37 bits per heavy atom. The fourth-order valence-corrected chi connectivity index (χ4v) is 4.88. The van der Waals surface area contributed by atoms with Crippen molar-refractivity contribution in [3.8, 4) is 0 Å². The third-order valence-electron chi connectivity index (χ3n) is 4.48. The molecule has 0 saturated carbocycles. The average molecular weight is 410 g/mol. The molecule has 1 unspecified atom stereocenters. The first-order valence-electron chi connectivity index (χ1n) is 8.82. The van der Waals surface area contributed by atoms with E-state index in [9.17, 15) is 9.00 Å². The van der Waals surface area contributed by atoms with Gasteiger partial charge in [-0.3, -0.25) is 4.98 Å². The van der Waals surface area contributed by atoms with Gasteiger partial charge in [0.25, 0.3) is 0 Å². The molecule has 3 rings (SSSR count). The summed E-state index contributed by atoms with van der Waals surface area (Å²) in [5.74, 6) is 0. The summed E-state index contributed by atoms with van der Waals surface area (Å²) in [7, 11) is 0.357. The molecule has 0 N–H and O–H groups in total. The SMILES string of the molecule is CN(C(=O)OC(C)(C)C)[C@@H]1CCN(S(=O)c2cccc3cncc(Cl)c23)C1. The van der Waals surface area contributed by atoms with Crippen LogP contribution in [0, 0.1) is 0 Å². The molecule has 146 valence electrons. The predicted molar refractivity (Wildman–Crippen MR) is 107 cm³/mol. The van der Waals surface area contributed by atoms with Crippen molar-refractivity contribution in [1.29, 1.82) is 0 Å². The number of ether oxygens (including phenoxy) is 1. The molecule has 6 nitrogen and oxygen atoms in total. The Labute approximate surface area is 167 Å². The number of nitrogens with zero attached hydrogens (tertiary/aromatic N) is 3. The number of halogens is 1. The van der Waals surface area contributed by atoms with Crippen LogP contribution >= 0.6 is 11.6 Å². The summed E-state index contributed by atoms with van der Waals surface area (Å²) >= 11 is 6.31. The third-order valence-corrected chi connectivity index (χ3v) is 6.28. The summed E-state index contributed by atoms with van der Waals surface area (Å²) in [6.45, 7) is 6.67. The third kappa shape index (κ3) is 4.42. The predicted octanol–water partition coefficient (Wildman–Crippen LogP) is 3.85. The van der Waals surface area contributed by atoms with Gasteiger partial charge in [-0.25, -0.2) is 13.3 Å². The molecule has 0 spiro atoms. The Morgan fingerprint density at radius 2 is 2.11 bits per heavy atom. The van der Waals surface area contributed by atoms with Crippen LogP contribution in [0.4, 0.5) is 4.79 Å². The van der Waals surface area contributed by atoms with Gasteiger partial charge in [0.1, 0.15) is 16.6 Å². The van der Waals surface area contributed by atoms with Crippen molar-refractivity contribution in [1.82, 2.24) is 14.2 Å². The molecule has 1 fully saturated rings. The molecule has 1 aliphatic heterocycles. The number of hydrogen-bond donors (Lipinski definition) is 0. The highest BCUT2D eigenvalue weighted by Gasteiger charge is 2.34. The molecule has 0 bridgehead atoms. The Kier molecular flexibility index (Phi) is 5.74. The quantitative estimate of drug-likeness (QED) is 0.772. The lowest BCUT2D eigenvalue weighted by Gasteiger charge is -2.28. The number of amides is 1. The van der Waals surface area contributed by atoms with Gasteiger partial charge >= 0.3 is 6.09 Å². The highest BCUT2D eigenvalue weighted by Crippen LogP contribution is 2.30. The van der Waals surface area contributed by atoms with E-state index in [-0.39, 0.29) is 12.1 Å². The van der Waals surface area contributed by atoms with E-state index in [1.807, 2.05) is 43.3 Å². The maximum Gasteiger partial charge on any atom is 0.410 e. The van der Waals surface area contributed by atoms with Crippen molar-refractivity contribution < 1.29 is 13.7 Å². The van der Waals surface area contributed by atoms with Crippen LogP contribution in [0.2, 0.25) is 5.02 Å². The van der Waals surface area contributed by atoms with E-state index in [1.165, 1.54) is 0 Å². The number of likely N-dealkylation sites (N-methyl/N-ethyl adjacent to an activating group) is 1. The first kappa shape index (κ1) is 20.0. The van der Waals surface area contributed by atoms with Gasteiger partial charge in [0.15, 0.2) is 0 Å².